The second kappa shape index (κ2) is 5.21. The maximum Gasteiger partial charge on any atom is 0.348 e. The topological polar surface area (TPSA) is 72.8 Å². The van der Waals surface area contributed by atoms with Gasteiger partial charge in [0, 0.05) is 13.8 Å². The van der Waals surface area contributed by atoms with E-state index in [0.29, 0.717) is 14.5 Å². The van der Waals surface area contributed by atoms with Crippen molar-refractivity contribution < 1.29 is 24.2 Å². The minimum atomic E-state index is -1.26. The van der Waals surface area contributed by atoms with Crippen molar-refractivity contribution in [2.24, 2.45) is 0 Å². The maximum absolute atomic E-state index is 11.8. The van der Waals surface area contributed by atoms with E-state index >= 15 is 0 Å². The third kappa shape index (κ3) is 3.04. The van der Waals surface area contributed by atoms with Gasteiger partial charge in [0.05, 0.1) is 8.95 Å². The van der Waals surface area contributed by atoms with Gasteiger partial charge in [-0.25, -0.2) is 9.59 Å². The summed E-state index contributed by atoms with van der Waals surface area (Å²) in [4.78, 5) is 23.6. The summed E-state index contributed by atoms with van der Waals surface area (Å²) < 4.78 is 10.8. The first kappa shape index (κ1) is 15.1. The highest BCUT2D eigenvalue weighted by Gasteiger charge is 2.38. The van der Waals surface area contributed by atoms with Crippen LogP contribution in [-0.2, 0) is 19.1 Å². The molecule has 0 spiro atoms. The summed E-state index contributed by atoms with van der Waals surface area (Å²) >= 11 is 6.34. The fraction of sp³-hybridized carbons (Fsp3) is 0.231. The van der Waals surface area contributed by atoms with Gasteiger partial charge in [-0.1, -0.05) is 0 Å². The van der Waals surface area contributed by atoms with E-state index in [4.69, 9.17) is 9.47 Å². The zero-order chi connectivity index (χ0) is 15.1. The fourth-order valence-corrected chi connectivity index (χ4v) is 2.84. The first-order valence-electron chi connectivity index (χ1n) is 5.56. The van der Waals surface area contributed by atoms with E-state index in [-0.39, 0.29) is 11.3 Å². The highest BCUT2D eigenvalue weighted by Crippen LogP contribution is 2.34. The molecular weight excluding hydrogens is 396 g/mol. The average molecular weight is 406 g/mol. The van der Waals surface area contributed by atoms with Gasteiger partial charge in [0.1, 0.15) is 11.3 Å². The number of halogens is 2. The quantitative estimate of drug-likeness (QED) is 0.441. The molecule has 2 rings (SSSR count). The molecule has 1 aliphatic heterocycles. The maximum atomic E-state index is 11.8. The molecule has 1 fully saturated rings. The highest BCUT2D eigenvalue weighted by atomic mass is 79.9. The first-order chi connectivity index (χ1) is 9.19. The number of phenols is 1. The summed E-state index contributed by atoms with van der Waals surface area (Å²) in [7, 11) is 0. The number of hydrogen-bond acceptors (Lipinski definition) is 5. The molecule has 1 heterocycles. The molecule has 0 atom stereocenters. The van der Waals surface area contributed by atoms with Crippen LogP contribution in [0.3, 0.4) is 0 Å². The largest absolute Gasteiger partial charge is 0.506 e. The summed E-state index contributed by atoms with van der Waals surface area (Å²) in [6, 6.07) is 3.13. The van der Waals surface area contributed by atoms with Crippen LogP contribution in [0.4, 0.5) is 0 Å². The molecule has 0 aliphatic carbocycles. The Bertz CT molecular complexity index is 589. The van der Waals surface area contributed by atoms with E-state index in [0.717, 1.165) is 0 Å². The van der Waals surface area contributed by atoms with Crippen molar-refractivity contribution >= 4 is 49.9 Å². The fourth-order valence-electron chi connectivity index (χ4n) is 1.61. The lowest BCUT2D eigenvalue weighted by molar-refractivity contribution is -0.222. The SMILES string of the molecule is CC1(C)OC(=O)C(=Cc2cc(Br)c(O)c(Br)c2)C(=O)O1. The molecule has 1 N–H and O–H groups in total. The number of phenolic OH excluding ortho intramolecular Hbond substituents is 1. The number of ether oxygens (including phenoxy) is 2. The highest BCUT2D eigenvalue weighted by molar-refractivity contribution is 9.11. The van der Waals surface area contributed by atoms with E-state index in [1.165, 1.54) is 19.9 Å². The molecule has 0 saturated carbocycles. The van der Waals surface area contributed by atoms with Crippen molar-refractivity contribution in [2.75, 3.05) is 0 Å². The summed E-state index contributed by atoms with van der Waals surface area (Å²) in [5.74, 6) is -2.72. The number of aromatic hydroxyl groups is 1. The van der Waals surface area contributed by atoms with Crippen molar-refractivity contribution in [1.82, 2.24) is 0 Å². The van der Waals surface area contributed by atoms with Crippen molar-refractivity contribution in [3.05, 3.63) is 32.2 Å². The molecule has 0 radical (unpaired) electrons. The molecule has 20 heavy (non-hydrogen) atoms. The number of hydrogen-bond donors (Lipinski definition) is 1. The number of esters is 2. The lowest BCUT2D eigenvalue weighted by atomic mass is 10.1. The lowest BCUT2D eigenvalue weighted by Gasteiger charge is -2.29. The molecule has 7 heteroatoms. The number of rotatable bonds is 1. The molecule has 1 aromatic rings. The average Bonchev–Trinajstić information content (AvgIpc) is 2.29. The van der Waals surface area contributed by atoms with Gasteiger partial charge < -0.3 is 14.6 Å². The first-order valence-corrected chi connectivity index (χ1v) is 7.14. The normalized spacial score (nSPS) is 17.5. The molecule has 1 saturated heterocycles. The number of carbonyl (C=O) groups excluding carboxylic acids is 2. The van der Waals surface area contributed by atoms with Crippen LogP contribution in [0.2, 0.25) is 0 Å². The Kier molecular flexibility index (Phi) is 3.93. The summed E-state index contributed by atoms with van der Waals surface area (Å²) in [5, 5.41) is 9.61. The molecule has 0 amide bonds. The Morgan fingerprint density at radius 2 is 1.55 bits per heavy atom. The minimum absolute atomic E-state index is 0.0297. The van der Waals surface area contributed by atoms with E-state index in [1.807, 2.05) is 0 Å². The van der Waals surface area contributed by atoms with Crippen LogP contribution in [0.15, 0.2) is 26.7 Å². The molecule has 5 nitrogen and oxygen atoms in total. The van der Waals surface area contributed by atoms with E-state index in [9.17, 15) is 14.7 Å². The van der Waals surface area contributed by atoms with Gasteiger partial charge in [-0.2, -0.15) is 0 Å². The Labute approximate surface area is 131 Å². The van der Waals surface area contributed by atoms with Crippen LogP contribution in [-0.4, -0.2) is 22.8 Å². The zero-order valence-corrected chi connectivity index (χ0v) is 13.7. The van der Waals surface area contributed by atoms with Gasteiger partial charge in [0.15, 0.2) is 0 Å². The van der Waals surface area contributed by atoms with Crippen LogP contribution >= 0.6 is 31.9 Å². The van der Waals surface area contributed by atoms with Gasteiger partial charge in [0.25, 0.3) is 5.79 Å². The van der Waals surface area contributed by atoms with Crippen LogP contribution < -0.4 is 0 Å². The number of carbonyl (C=O) groups is 2. The van der Waals surface area contributed by atoms with Crippen LogP contribution in [0.5, 0.6) is 5.75 Å². The Hall–Kier alpha value is -1.34. The summed E-state index contributed by atoms with van der Waals surface area (Å²) in [5.41, 5.74) is 0.332. The third-order valence-electron chi connectivity index (χ3n) is 2.47. The van der Waals surface area contributed by atoms with Crippen molar-refractivity contribution in [3.8, 4) is 5.75 Å². The van der Waals surface area contributed by atoms with E-state index in [2.05, 4.69) is 31.9 Å². The van der Waals surface area contributed by atoms with Gasteiger partial charge in [-0.15, -0.1) is 0 Å². The summed E-state index contributed by atoms with van der Waals surface area (Å²) in [6.45, 7) is 2.96. The van der Waals surface area contributed by atoms with E-state index in [1.54, 1.807) is 12.1 Å². The smallest absolute Gasteiger partial charge is 0.348 e. The predicted octanol–water partition coefficient (Wildman–Crippen LogP) is 3.14. The van der Waals surface area contributed by atoms with Crippen molar-refractivity contribution in [2.45, 2.75) is 19.6 Å². The molecule has 0 aromatic heterocycles. The lowest BCUT2D eigenvalue weighted by Crippen LogP contribution is -2.41. The van der Waals surface area contributed by atoms with Gasteiger partial charge in [-0.05, 0) is 55.6 Å². The van der Waals surface area contributed by atoms with E-state index < -0.39 is 17.7 Å². The zero-order valence-electron chi connectivity index (χ0n) is 10.6. The van der Waals surface area contributed by atoms with Crippen molar-refractivity contribution in [3.63, 3.8) is 0 Å². The Morgan fingerprint density at radius 1 is 1.10 bits per heavy atom. The molecule has 1 aliphatic rings. The van der Waals surface area contributed by atoms with Gasteiger partial charge in [0.2, 0.25) is 0 Å². The second-order valence-electron chi connectivity index (χ2n) is 4.57. The number of benzene rings is 1. The number of cyclic esters (lactones) is 2. The molecule has 106 valence electrons. The molecule has 0 unspecified atom stereocenters. The van der Waals surface area contributed by atoms with Gasteiger partial charge in [-0.3, -0.25) is 0 Å². The molecular formula is C13H10Br2O5. The van der Waals surface area contributed by atoms with Crippen LogP contribution in [0.1, 0.15) is 19.4 Å². The Morgan fingerprint density at radius 3 is 2.00 bits per heavy atom. The van der Waals surface area contributed by atoms with Gasteiger partial charge >= 0.3 is 11.9 Å². The van der Waals surface area contributed by atoms with Crippen molar-refractivity contribution in [1.29, 1.82) is 0 Å². The molecule has 0 bridgehead atoms. The standard InChI is InChI=1S/C13H10Br2O5/c1-13(2)19-11(17)7(12(18)20-13)3-6-4-8(14)10(16)9(15)5-6/h3-5,16H,1-2H3. The monoisotopic (exact) mass is 404 g/mol. The van der Waals surface area contributed by atoms with Crippen LogP contribution in [0, 0.1) is 0 Å². The third-order valence-corrected chi connectivity index (χ3v) is 3.68. The summed E-state index contributed by atoms with van der Waals surface area (Å²) in [6.07, 6.45) is 1.34. The van der Waals surface area contributed by atoms with Crippen LogP contribution in [0.25, 0.3) is 6.08 Å². The predicted molar refractivity (Wildman–Crippen MR) is 77.7 cm³/mol. The second-order valence-corrected chi connectivity index (χ2v) is 6.28. The molecule has 1 aromatic carbocycles. The Balaban J connectivity index is 2.41. The minimum Gasteiger partial charge on any atom is -0.506 e.